The summed E-state index contributed by atoms with van der Waals surface area (Å²) < 4.78 is 12.8. The molecule has 116 valence electrons. The summed E-state index contributed by atoms with van der Waals surface area (Å²) in [5, 5.41) is 2.63. The molecule has 0 aliphatic carbocycles. The molecule has 22 heavy (non-hydrogen) atoms. The fraction of sp³-hybridized carbons (Fsp3) is 0.375. The van der Waals surface area contributed by atoms with E-state index in [-0.39, 0.29) is 11.9 Å². The lowest BCUT2D eigenvalue weighted by Gasteiger charge is -2.43. The van der Waals surface area contributed by atoms with Gasteiger partial charge in [0, 0.05) is 32.7 Å². The van der Waals surface area contributed by atoms with Gasteiger partial charge in [-0.2, -0.15) is 0 Å². The first kappa shape index (κ1) is 14.7. The number of nitrogens with one attached hydrogen (secondary N) is 1. The maximum Gasteiger partial charge on any atom is 0.312 e. The molecule has 0 radical (unpaired) electrons. The number of hydrogen-bond acceptors (Lipinski definition) is 3. The van der Waals surface area contributed by atoms with Crippen LogP contribution in [0.15, 0.2) is 30.3 Å². The van der Waals surface area contributed by atoms with Gasteiger partial charge in [0.05, 0.1) is 6.04 Å². The van der Waals surface area contributed by atoms with Crippen molar-refractivity contribution < 1.29 is 14.0 Å². The standard InChI is InChI=1S/C16H18FN3O2/c17-13-5-3-12(4-6-13)2-1-7-19-8-9-20-14(11-19)10-18-15(21)16(20)22/h1-6,14H,7-11H2,(H,18,21). The lowest BCUT2D eigenvalue weighted by atomic mass is 10.1. The Balaban J connectivity index is 1.54. The predicted molar refractivity (Wildman–Crippen MR) is 80.4 cm³/mol. The molecule has 2 fully saturated rings. The fourth-order valence-corrected chi connectivity index (χ4v) is 2.86. The zero-order valence-electron chi connectivity index (χ0n) is 12.2. The minimum absolute atomic E-state index is 0.0539. The number of hydrogen-bond donors (Lipinski definition) is 1. The summed E-state index contributed by atoms with van der Waals surface area (Å²) in [7, 11) is 0. The summed E-state index contributed by atoms with van der Waals surface area (Å²) in [5.74, 6) is -1.16. The van der Waals surface area contributed by atoms with Crippen molar-refractivity contribution in [3.63, 3.8) is 0 Å². The summed E-state index contributed by atoms with van der Waals surface area (Å²) in [4.78, 5) is 27.0. The molecule has 2 heterocycles. The van der Waals surface area contributed by atoms with Crippen molar-refractivity contribution in [3.05, 3.63) is 41.7 Å². The number of carbonyl (C=O) groups excluding carboxylic acids is 2. The van der Waals surface area contributed by atoms with Crippen LogP contribution in [0.25, 0.3) is 6.08 Å². The van der Waals surface area contributed by atoms with Crippen LogP contribution in [-0.4, -0.2) is 60.4 Å². The van der Waals surface area contributed by atoms with E-state index >= 15 is 0 Å². The van der Waals surface area contributed by atoms with Crippen molar-refractivity contribution in [1.82, 2.24) is 15.1 Å². The molecule has 2 aliphatic rings. The van der Waals surface area contributed by atoms with Gasteiger partial charge in [0.15, 0.2) is 0 Å². The molecular weight excluding hydrogens is 285 g/mol. The third kappa shape index (κ3) is 3.17. The van der Waals surface area contributed by atoms with Gasteiger partial charge in [0.25, 0.3) is 0 Å². The van der Waals surface area contributed by atoms with Crippen LogP contribution in [0, 0.1) is 5.82 Å². The maximum atomic E-state index is 12.8. The first-order chi connectivity index (χ1) is 10.6. The quantitative estimate of drug-likeness (QED) is 0.827. The van der Waals surface area contributed by atoms with Crippen LogP contribution in [0.4, 0.5) is 4.39 Å². The number of halogens is 1. The van der Waals surface area contributed by atoms with Crippen LogP contribution in [-0.2, 0) is 9.59 Å². The summed E-state index contributed by atoms with van der Waals surface area (Å²) >= 11 is 0. The molecule has 1 aromatic carbocycles. The third-order valence-corrected chi connectivity index (χ3v) is 4.06. The van der Waals surface area contributed by atoms with Gasteiger partial charge >= 0.3 is 11.8 Å². The molecule has 1 atom stereocenters. The van der Waals surface area contributed by atoms with Crippen LogP contribution >= 0.6 is 0 Å². The van der Waals surface area contributed by atoms with E-state index < -0.39 is 11.8 Å². The average molecular weight is 303 g/mol. The highest BCUT2D eigenvalue weighted by atomic mass is 19.1. The molecule has 2 saturated heterocycles. The van der Waals surface area contributed by atoms with Gasteiger partial charge in [0.1, 0.15) is 5.82 Å². The van der Waals surface area contributed by atoms with Crippen molar-refractivity contribution in [2.24, 2.45) is 0 Å². The second kappa shape index (κ2) is 6.27. The van der Waals surface area contributed by atoms with Crippen LogP contribution in [0.2, 0.25) is 0 Å². The minimum atomic E-state index is -0.499. The van der Waals surface area contributed by atoms with E-state index in [2.05, 4.69) is 10.2 Å². The maximum absolute atomic E-state index is 12.8. The van der Waals surface area contributed by atoms with Crippen molar-refractivity contribution in [2.75, 3.05) is 32.7 Å². The number of fused-ring (bicyclic) bond motifs is 1. The summed E-state index contributed by atoms with van der Waals surface area (Å²) in [6.45, 7) is 3.37. The Morgan fingerprint density at radius 1 is 1.23 bits per heavy atom. The number of benzene rings is 1. The van der Waals surface area contributed by atoms with E-state index in [0.29, 0.717) is 13.1 Å². The Hall–Kier alpha value is -2.21. The van der Waals surface area contributed by atoms with Gasteiger partial charge in [-0.25, -0.2) is 4.39 Å². The largest absolute Gasteiger partial charge is 0.346 e. The van der Waals surface area contributed by atoms with Crippen molar-refractivity contribution in [1.29, 1.82) is 0 Å². The van der Waals surface area contributed by atoms with Crippen LogP contribution in [0.1, 0.15) is 5.56 Å². The Morgan fingerprint density at radius 3 is 2.77 bits per heavy atom. The van der Waals surface area contributed by atoms with Crippen LogP contribution < -0.4 is 5.32 Å². The van der Waals surface area contributed by atoms with Gasteiger partial charge in [0.2, 0.25) is 0 Å². The minimum Gasteiger partial charge on any atom is -0.346 e. The Labute approximate surface area is 128 Å². The molecule has 0 aromatic heterocycles. The van der Waals surface area contributed by atoms with Gasteiger partial charge in [-0.15, -0.1) is 0 Å². The normalized spacial score (nSPS) is 22.8. The molecule has 1 aromatic rings. The van der Waals surface area contributed by atoms with E-state index in [4.69, 9.17) is 0 Å². The second-order valence-corrected chi connectivity index (χ2v) is 5.58. The first-order valence-corrected chi connectivity index (χ1v) is 7.37. The smallest absolute Gasteiger partial charge is 0.312 e. The number of nitrogens with zero attached hydrogens (tertiary/aromatic N) is 2. The molecule has 2 amide bonds. The molecule has 1 N–H and O–H groups in total. The van der Waals surface area contributed by atoms with E-state index in [0.717, 1.165) is 25.2 Å². The van der Waals surface area contributed by atoms with Gasteiger partial charge in [-0.05, 0) is 17.7 Å². The molecule has 6 heteroatoms. The Bertz CT molecular complexity index is 600. The lowest BCUT2D eigenvalue weighted by Crippen LogP contribution is -2.65. The number of carbonyl (C=O) groups is 2. The SMILES string of the molecule is O=C1NCC2CN(CC=Cc3ccc(F)cc3)CCN2C1=O. The van der Waals surface area contributed by atoms with Gasteiger partial charge in [-0.3, -0.25) is 14.5 Å². The van der Waals surface area contributed by atoms with E-state index in [1.165, 1.54) is 12.1 Å². The monoisotopic (exact) mass is 303 g/mol. The molecule has 0 bridgehead atoms. The zero-order valence-corrected chi connectivity index (χ0v) is 12.2. The Morgan fingerprint density at radius 2 is 2.00 bits per heavy atom. The Kier molecular flexibility index (Phi) is 4.20. The molecular formula is C16H18FN3O2. The summed E-state index contributed by atoms with van der Waals surface area (Å²) in [6, 6.07) is 6.40. The topological polar surface area (TPSA) is 52.7 Å². The first-order valence-electron chi connectivity index (χ1n) is 7.37. The number of amides is 2. The van der Waals surface area contributed by atoms with Crippen molar-refractivity contribution >= 4 is 17.9 Å². The summed E-state index contributed by atoms with van der Waals surface area (Å²) in [5.41, 5.74) is 0.958. The van der Waals surface area contributed by atoms with Gasteiger partial charge in [-0.1, -0.05) is 24.3 Å². The molecule has 0 saturated carbocycles. The predicted octanol–water partition coefficient (Wildman–Crippen LogP) is 0.481. The van der Waals surface area contributed by atoms with E-state index in [1.54, 1.807) is 17.0 Å². The van der Waals surface area contributed by atoms with Crippen molar-refractivity contribution in [2.45, 2.75) is 6.04 Å². The number of rotatable bonds is 3. The van der Waals surface area contributed by atoms with Crippen LogP contribution in [0.3, 0.4) is 0 Å². The number of piperazine rings is 2. The zero-order chi connectivity index (χ0) is 15.5. The highest BCUT2D eigenvalue weighted by Gasteiger charge is 2.37. The van der Waals surface area contributed by atoms with E-state index in [1.807, 2.05) is 12.2 Å². The van der Waals surface area contributed by atoms with E-state index in [9.17, 15) is 14.0 Å². The highest BCUT2D eigenvalue weighted by molar-refractivity contribution is 6.35. The average Bonchev–Trinajstić information content (AvgIpc) is 2.53. The van der Waals surface area contributed by atoms with Crippen LogP contribution in [0.5, 0.6) is 0 Å². The molecule has 0 spiro atoms. The molecule has 3 rings (SSSR count). The van der Waals surface area contributed by atoms with Crippen molar-refractivity contribution in [3.8, 4) is 0 Å². The lowest BCUT2D eigenvalue weighted by molar-refractivity contribution is -0.152. The molecule has 5 nitrogen and oxygen atoms in total. The second-order valence-electron chi connectivity index (χ2n) is 5.58. The van der Waals surface area contributed by atoms with Gasteiger partial charge < -0.3 is 10.2 Å². The molecule has 2 aliphatic heterocycles. The highest BCUT2D eigenvalue weighted by Crippen LogP contribution is 2.13. The fourth-order valence-electron chi connectivity index (χ4n) is 2.86. The molecule has 1 unspecified atom stereocenters. The summed E-state index contributed by atoms with van der Waals surface area (Å²) in [6.07, 6.45) is 3.99. The third-order valence-electron chi connectivity index (χ3n) is 4.06.